The number of nitrogens with one attached hydrogen (secondary N) is 1. The van der Waals surface area contributed by atoms with Crippen LogP contribution in [0.15, 0.2) is 35.2 Å². The molecule has 1 N–H and O–H groups in total. The van der Waals surface area contributed by atoms with E-state index in [-0.39, 0.29) is 5.78 Å². The molecule has 0 spiro atoms. The summed E-state index contributed by atoms with van der Waals surface area (Å²) in [6, 6.07) is 9.68. The van der Waals surface area contributed by atoms with E-state index in [2.05, 4.69) is 10.2 Å². The highest BCUT2D eigenvalue weighted by molar-refractivity contribution is 8.19. The Labute approximate surface area is 130 Å². The number of hydrogen-bond acceptors (Lipinski definition) is 6. The van der Waals surface area contributed by atoms with Gasteiger partial charge in [0.1, 0.15) is 15.9 Å². The molecule has 1 aliphatic heterocycles. The third kappa shape index (κ3) is 2.82. The van der Waals surface area contributed by atoms with Crippen LogP contribution in [0.5, 0.6) is 0 Å². The molecular weight excluding hydrogens is 302 g/mol. The molecule has 1 aromatic carbocycles. The fraction of sp³-hybridized carbons (Fsp3) is 0.200. The molecular formula is C15H13N3OS2. The molecule has 2 aromatic rings. The molecule has 1 aliphatic rings. The molecule has 2 heterocycles. The number of carbonyl (C=O) groups excluding carboxylic acids is 1. The first-order valence-corrected chi connectivity index (χ1v) is 8.22. The van der Waals surface area contributed by atoms with E-state index < -0.39 is 5.92 Å². The maximum absolute atomic E-state index is 12.5. The lowest BCUT2D eigenvalue weighted by Crippen LogP contribution is -2.11. The van der Waals surface area contributed by atoms with Gasteiger partial charge in [-0.1, -0.05) is 49.0 Å². The fourth-order valence-corrected chi connectivity index (χ4v) is 3.99. The molecule has 0 bridgehead atoms. The molecule has 3 rings (SSSR count). The second-order valence-electron chi connectivity index (χ2n) is 4.57. The number of aromatic nitrogens is 2. The molecule has 1 aromatic heterocycles. The summed E-state index contributed by atoms with van der Waals surface area (Å²) in [5, 5.41) is 18.1. The van der Waals surface area contributed by atoms with Crippen molar-refractivity contribution in [1.82, 2.24) is 10.2 Å². The topological polar surface area (TPSA) is 66.7 Å². The van der Waals surface area contributed by atoms with Gasteiger partial charge in [-0.2, -0.15) is 0 Å². The molecule has 106 valence electrons. The van der Waals surface area contributed by atoms with Crippen molar-refractivity contribution >= 4 is 40.0 Å². The summed E-state index contributed by atoms with van der Waals surface area (Å²) in [5.74, 6) is -0.615. The Hall–Kier alpha value is -1.79. The first-order chi connectivity index (χ1) is 10.2. The maximum atomic E-state index is 12.5. The maximum Gasteiger partial charge on any atom is 0.186 e. The van der Waals surface area contributed by atoms with Gasteiger partial charge in [0.2, 0.25) is 0 Å². The second-order valence-corrected chi connectivity index (χ2v) is 6.75. The van der Waals surface area contributed by atoms with Crippen LogP contribution in [0.3, 0.4) is 0 Å². The Morgan fingerprint density at radius 2 is 2.05 bits per heavy atom. The predicted octanol–water partition coefficient (Wildman–Crippen LogP) is 3.52. The molecule has 4 nitrogen and oxygen atoms in total. The van der Waals surface area contributed by atoms with Crippen LogP contribution in [0.2, 0.25) is 0 Å². The van der Waals surface area contributed by atoms with Crippen LogP contribution in [0.4, 0.5) is 0 Å². The SMILES string of the molecule is CCc1nnc([C@H]2C(=N)S/C(=C\c3ccccc3)C2=O)s1. The minimum Gasteiger partial charge on any atom is -0.297 e. The van der Waals surface area contributed by atoms with Crippen LogP contribution >= 0.6 is 23.1 Å². The Kier molecular flexibility index (Phi) is 3.98. The van der Waals surface area contributed by atoms with Gasteiger partial charge in [-0.3, -0.25) is 10.2 Å². The molecule has 1 fully saturated rings. The highest BCUT2D eigenvalue weighted by Gasteiger charge is 2.39. The van der Waals surface area contributed by atoms with Crippen molar-refractivity contribution in [3.63, 3.8) is 0 Å². The zero-order chi connectivity index (χ0) is 14.8. The molecule has 1 atom stereocenters. The Bertz CT molecular complexity index is 722. The Morgan fingerprint density at radius 1 is 1.29 bits per heavy atom. The number of aryl methyl sites for hydroxylation is 1. The van der Waals surface area contributed by atoms with Gasteiger partial charge in [-0.15, -0.1) is 21.5 Å². The summed E-state index contributed by atoms with van der Waals surface area (Å²) in [7, 11) is 0. The van der Waals surface area contributed by atoms with Gasteiger partial charge in [0.15, 0.2) is 5.78 Å². The molecule has 0 unspecified atom stereocenters. The number of hydrogen-bond donors (Lipinski definition) is 1. The number of thioether (sulfide) groups is 1. The van der Waals surface area contributed by atoms with Gasteiger partial charge >= 0.3 is 0 Å². The monoisotopic (exact) mass is 315 g/mol. The van der Waals surface area contributed by atoms with Gasteiger partial charge in [0, 0.05) is 0 Å². The predicted molar refractivity (Wildman–Crippen MR) is 86.8 cm³/mol. The largest absolute Gasteiger partial charge is 0.297 e. The minimum absolute atomic E-state index is 0.0485. The second kappa shape index (κ2) is 5.91. The quantitative estimate of drug-likeness (QED) is 0.880. The summed E-state index contributed by atoms with van der Waals surface area (Å²) < 4.78 is 0. The normalized spacial score (nSPS) is 20.4. The van der Waals surface area contributed by atoms with E-state index in [0.29, 0.717) is 15.0 Å². The summed E-state index contributed by atoms with van der Waals surface area (Å²) in [4.78, 5) is 13.1. The number of Topliss-reactive ketones (excluding diaryl/α,β-unsaturated/α-hetero) is 1. The van der Waals surface area contributed by atoms with Gasteiger partial charge in [-0.25, -0.2) is 0 Å². The lowest BCUT2D eigenvalue weighted by Gasteiger charge is -2.00. The highest BCUT2D eigenvalue weighted by atomic mass is 32.2. The van der Waals surface area contributed by atoms with Gasteiger partial charge < -0.3 is 0 Å². The molecule has 6 heteroatoms. The number of allylic oxidation sites excluding steroid dienone is 1. The Morgan fingerprint density at radius 3 is 2.71 bits per heavy atom. The lowest BCUT2D eigenvalue weighted by atomic mass is 10.1. The standard InChI is InChI=1S/C15H13N3OS2/c1-2-11-17-18-15(21-11)12-13(19)10(20-14(12)16)8-9-6-4-3-5-7-9/h3-8,12,16H,2H2,1H3/b10-8-,16-14?/t12-/m1/s1. The van der Waals surface area contributed by atoms with Crippen LogP contribution in [-0.4, -0.2) is 21.0 Å². The van der Waals surface area contributed by atoms with E-state index >= 15 is 0 Å². The first-order valence-electron chi connectivity index (χ1n) is 6.58. The average Bonchev–Trinajstić information content (AvgIpc) is 3.05. The van der Waals surface area contributed by atoms with Gasteiger partial charge in [0.05, 0.1) is 9.95 Å². The van der Waals surface area contributed by atoms with Crippen LogP contribution in [0.25, 0.3) is 6.08 Å². The summed E-state index contributed by atoms with van der Waals surface area (Å²) >= 11 is 2.64. The van der Waals surface area contributed by atoms with Gasteiger partial charge in [0.25, 0.3) is 0 Å². The zero-order valence-corrected chi connectivity index (χ0v) is 13.0. The molecule has 0 amide bonds. The lowest BCUT2D eigenvalue weighted by molar-refractivity contribution is -0.114. The number of carbonyl (C=O) groups is 1. The molecule has 0 aliphatic carbocycles. The van der Waals surface area contributed by atoms with Crippen molar-refractivity contribution in [2.45, 2.75) is 19.3 Å². The van der Waals surface area contributed by atoms with E-state index in [1.165, 1.54) is 23.1 Å². The van der Waals surface area contributed by atoms with Crippen LogP contribution < -0.4 is 0 Å². The van der Waals surface area contributed by atoms with Crippen molar-refractivity contribution in [1.29, 1.82) is 5.41 Å². The Balaban J connectivity index is 1.90. The van der Waals surface area contributed by atoms with Gasteiger partial charge in [-0.05, 0) is 18.1 Å². The third-order valence-electron chi connectivity index (χ3n) is 3.12. The number of ketones is 1. The van der Waals surface area contributed by atoms with Crippen molar-refractivity contribution in [3.8, 4) is 0 Å². The van der Waals surface area contributed by atoms with E-state index in [4.69, 9.17) is 5.41 Å². The van der Waals surface area contributed by atoms with E-state index in [1.807, 2.05) is 43.3 Å². The summed E-state index contributed by atoms with van der Waals surface area (Å²) in [6.07, 6.45) is 2.63. The highest BCUT2D eigenvalue weighted by Crippen LogP contribution is 2.41. The number of rotatable bonds is 3. The molecule has 0 saturated carbocycles. The zero-order valence-electron chi connectivity index (χ0n) is 11.4. The van der Waals surface area contributed by atoms with E-state index in [0.717, 1.165) is 17.0 Å². The molecule has 1 saturated heterocycles. The minimum atomic E-state index is -0.567. The van der Waals surface area contributed by atoms with Crippen molar-refractivity contribution in [2.24, 2.45) is 0 Å². The fourth-order valence-electron chi connectivity index (χ4n) is 2.04. The number of nitrogens with zero attached hydrogens (tertiary/aromatic N) is 2. The van der Waals surface area contributed by atoms with Crippen molar-refractivity contribution < 1.29 is 4.79 Å². The van der Waals surface area contributed by atoms with E-state index in [1.54, 1.807) is 0 Å². The smallest absolute Gasteiger partial charge is 0.186 e. The van der Waals surface area contributed by atoms with Crippen molar-refractivity contribution in [3.05, 3.63) is 50.8 Å². The number of benzene rings is 1. The van der Waals surface area contributed by atoms with Crippen LogP contribution in [0.1, 0.15) is 28.4 Å². The first kappa shape index (κ1) is 14.2. The third-order valence-corrected chi connectivity index (χ3v) is 5.24. The molecule has 21 heavy (non-hydrogen) atoms. The van der Waals surface area contributed by atoms with Crippen LogP contribution in [0, 0.1) is 5.41 Å². The van der Waals surface area contributed by atoms with Crippen LogP contribution in [-0.2, 0) is 11.2 Å². The summed E-state index contributed by atoms with van der Waals surface area (Å²) in [6.45, 7) is 2.00. The average molecular weight is 315 g/mol. The molecule has 0 radical (unpaired) electrons. The van der Waals surface area contributed by atoms with Crippen molar-refractivity contribution in [2.75, 3.05) is 0 Å². The van der Waals surface area contributed by atoms with E-state index in [9.17, 15) is 4.79 Å². The summed E-state index contributed by atoms with van der Waals surface area (Å²) in [5.41, 5.74) is 0.966.